The molecule has 3 aliphatic carbocycles. The Balaban J connectivity index is 2.39. The van der Waals surface area contributed by atoms with E-state index >= 15 is 0 Å². The Labute approximate surface area is 101 Å². The summed E-state index contributed by atoms with van der Waals surface area (Å²) >= 11 is 0. The van der Waals surface area contributed by atoms with Gasteiger partial charge in [-0.15, -0.1) is 0 Å². The van der Waals surface area contributed by atoms with E-state index < -0.39 is 0 Å². The molecule has 0 heterocycles. The fourth-order valence-corrected chi connectivity index (χ4v) is 2.51. The Morgan fingerprint density at radius 2 is 2.18 bits per heavy atom. The highest BCUT2D eigenvalue weighted by molar-refractivity contribution is 5.98. The number of ether oxygens (including phenoxy) is 1. The smallest absolute Gasteiger partial charge is 0.314 e. The summed E-state index contributed by atoms with van der Waals surface area (Å²) in [6, 6.07) is 0. The molecule has 0 fully saturated rings. The van der Waals surface area contributed by atoms with E-state index in [1.165, 1.54) is 0 Å². The van der Waals surface area contributed by atoms with Crippen molar-refractivity contribution in [1.29, 1.82) is 0 Å². The molecule has 0 aliphatic heterocycles. The molecule has 2 bridgehead atoms. The summed E-state index contributed by atoms with van der Waals surface area (Å²) in [4.78, 5) is 23.8. The molecule has 0 saturated carbocycles. The van der Waals surface area contributed by atoms with E-state index in [2.05, 4.69) is 0 Å². The summed E-state index contributed by atoms with van der Waals surface area (Å²) < 4.78 is 5.10. The number of ketones is 1. The molecule has 0 unspecified atom stereocenters. The quantitative estimate of drug-likeness (QED) is 0.540. The van der Waals surface area contributed by atoms with Gasteiger partial charge in [0.2, 0.25) is 0 Å². The van der Waals surface area contributed by atoms with E-state index in [1.807, 2.05) is 25.2 Å². The van der Waals surface area contributed by atoms with Crippen molar-refractivity contribution in [3.63, 3.8) is 0 Å². The lowest BCUT2D eigenvalue weighted by Gasteiger charge is -2.28. The van der Waals surface area contributed by atoms with Crippen LogP contribution < -0.4 is 0 Å². The van der Waals surface area contributed by atoms with Gasteiger partial charge in [0.25, 0.3) is 0 Å². The molecule has 0 aromatic rings. The van der Waals surface area contributed by atoms with E-state index in [1.54, 1.807) is 19.1 Å². The lowest BCUT2D eigenvalue weighted by molar-refractivity contribution is -0.147. The number of hydrogen-bond acceptors (Lipinski definition) is 3. The average molecular weight is 232 g/mol. The second-order valence-corrected chi connectivity index (χ2v) is 4.22. The van der Waals surface area contributed by atoms with E-state index in [4.69, 9.17) is 4.74 Å². The molecule has 0 spiro atoms. The Bertz CT molecular complexity index is 429. The first kappa shape index (κ1) is 11.8. The minimum absolute atomic E-state index is 0.0450. The van der Waals surface area contributed by atoms with Crippen molar-refractivity contribution in [2.75, 3.05) is 6.61 Å². The zero-order valence-corrected chi connectivity index (χ0v) is 10.1. The molecular formula is C14H16O3. The second kappa shape index (κ2) is 4.70. The Morgan fingerprint density at radius 3 is 2.82 bits per heavy atom. The SMILES string of the molecule is C/C=C1/[C@@H](C(=O)OCC)[C@H]2C=CC(=O)[C@@H]1C=C2. The van der Waals surface area contributed by atoms with Gasteiger partial charge < -0.3 is 4.74 Å². The highest BCUT2D eigenvalue weighted by Crippen LogP contribution is 2.38. The van der Waals surface area contributed by atoms with Gasteiger partial charge in [0.1, 0.15) is 0 Å². The van der Waals surface area contributed by atoms with Crippen LogP contribution in [-0.4, -0.2) is 18.4 Å². The predicted octanol–water partition coefficient (Wildman–Crippen LogP) is 2.05. The molecular weight excluding hydrogens is 216 g/mol. The van der Waals surface area contributed by atoms with Crippen LogP contribution in [0.25, 0.3) is 0 Å². The number of carbonyl (C=O) groups excluding carboxylic acids is 2. The largest absolute Gasteiger partial charge is 0.466 e. The molecule has 3 atom stereocenters. The topological polar surface area (TPSA) is 43.4 Å². The van der Waals surface area contributed by atoms with Gasteiger partial charge in [0, 0.05) is 5.92 Å². The van der Waals surface area contributed by atoms with Gasteiger partial charge in [-0.3, -0.25) is 9.59 Å². The Hall–Kier alpha value is -1.64. The van der Waals surface area contributed by atoms with Crippen molar-refractivity contribution in [3.05, 3.63) is 36.0 Å². The van der Waals surface area contributed by atoms with Gasteiger partial charge in [0.05, 0.1) is 18.4 Å². The highest BCUT2D eigenvalue weighted by Gasteiger charge is 2.39. The summed E-state index contributed by atoms with van der Waals surface area (Å²) in [5.41, 5.74) is 0.867. The first-order valence-corrected chi connectivity index (χ1v) is 5.92. The van der Waals surface area contributed by atoms with Crippen LogP contribution in [0.1, 0.15) is 13.8 Å². The highest BCUT2D eigenvalue weighted by atomic mass is 16.5. The maximum Gasteiger partial charge on any atom is 0.314 e. The molecule has 0 saturated heterocycles. The van der Waals surface area contributed by atoms with Crippen LogP contribution in [0.2, 0.25) is 0 Å². The molecule has 3 nitrogen and oxygen atoms in total. The van der Waals surface area contributed by atoms with Gasteiger partial charge in [0.15, 0.2) is 5.78 Å². The van der Waals surface area contributed by atoms with E-state index in [9.17, 15) is 9.59 Å². The van der Waals surface area contributed by atoms with Crippen LogP contribution in [0.4, 0.5) is 0 Å². The molecule has 0 N–H and O–H groups in total. The van der Waals surface area contributed by atoms with Gasteiger partial charge in [-0.2, -0.15) is 0 Å². The van der Waals surface area contributed by atoms with E-state index in [0.717, 1.165) is 5.57 Å². The first-order valence-electron chi connectivity index (χ1n) is 5.92. The summed E-state index contributed by atoms with van der Waals surface area (Å²) in [6.07, 6.45) is 9.07. The maximum atomic E-state index is 12.0. The molecule has 90 valence electrons. The van der Waals surface area contributed by atoms with E-state index in [0.29, 0.717) is 6.61 Å². The second-order valence-electron chi connectivity index (χ2n) is 4.22. The van der Waals surface area contributed by atoms with Gasteiger partial charge >= 0.3 is 5.97 Å². The van der Waals surface area contributed by atoms with Crippen molar-refractivity contribution in [1.82, 2.24) is 0 Å². The minimum Gasteiger partial charge on any atom is -0.466 e. The number of hydrogen-bond donors (Lipinski definition) is 0. The fourth-order valence-electron chi connectivity index (χ4n) is 2.51. The minimum atomic E-state index is -0.336. The number of rotatable bonds is 2. The zero-order valence-electron chi connectivity index (χ0n) is 10.1. The summed E-state index contributed by atoms with van der Waals surface area (Å²) in [7, 11) is 0. The third-order valence-corrected chi connectivity index (χ3v) is 3.29. The van der Waals surface area contributed by atoms with Crippen LogP contribution in [0, 0.1) is 17.8 Å². The molecule has 3 rings (SSSR count). The molecule has 0 amide bonds. The number of fused-ring (bicyclic) bond motifs is 2. The standard InChI is InChI=1S/C14H16O3/c1-3-10-11-7-5-9(6-8-12(11)15)13(10)14(16)17-4-2/h3,5-9,11,13H,4H2,1-2H3/b10-3+/t9-,11-,13+/m1/s1. The van der Waals surface area contributed by atoms with Crippen LogP contribution in [0.15, 0.2) is 36.0 Å². The molecule has 3 heteroatoms. The fraction of sp³-hybridized carbons (Fsp3) is 0.429. The molecule has 0 radical (unpaired) electrons. The van der Waals surface area contributed by atoms with Gasteiger partial charge in [-0.05, 0) is 25.5 Å². The first-order chi connectivity index (χ1) is 8.19. The molecule has 17 heavy (non-hydrogen) atoms. The molecule has 0 aromatic heterocycles. The normalized spacial score (nSPS) is 32.9. The van der Waals surface area contributed by atoms with Crippen molar-refractivity contribution < 1.29 is 14.3 Å². The monoisotopic (exact) mass is 232 g/mol. The van der Waals surface area contributed by atoms with Crippen molar-refractivity contribution in [3.8, 4) is 0 Å². The van der Waals surface area contributed by atoms with Crippen molar-refractivity contribution in [2.45, 2.75) is 13.8 Å². The number of carbonyl (C=O) groups is 2. The average Bonchev–Trinajstić information content (AvgIpc) is 2.58. The zero-order chi connectivity index (χ0) is 12.4. The molecule has 3 aliphatic rings. The summed E-state index contributed by atoms with van der Waals surface area (Å²) in [5.74, 6) is -0.868. The summed E-state index contributed by atoms with van der Waals surface area (Å²) in [5, 5.41) is 0. The Kier molecular flexibility index (Phi) is 3.27. The molecule has 0 aromatic carbocycles. The Morgan fingerprint density at radius 1 is 1.41 bits per heavy atom. The van der Waals surface area contributed by atoms with Crippen LogP contribution in [0.3, 0.4) is 0 Å². The lowest BCUT2D eigenvalue weighted by Crippen LogP contribution is -2.31. The van der Waals surface area contributed by atoms with Gasteiger partial charge in [-0.1, -0.05) is 24.3 Å². The maximum absolute atomic E-state index is 12.0. The number of esters is 1. The number of allylic oxidation sites excluding steroid dienone is 5. The van der Waals surface area contributed by atoms with Crippen molar-refractivity contribution in [2.24, 2.45) is 17.8 Å². The van der Waals surface area contributed by atoms with Crippen LogP contribution in [0.5, 0.6) is 0 Å². The third kappa shape index (κ3) is 1.97. The lowest BCUT2D eigenvalue weighted by atomic mass is 9.75. The van der Waals surface area contributed by atoms with Crippen LogP contribution >= 0.6 is 0 Å². The predicted molar refractivity (Wildman–Crippen MR) is 64.1 cm³/mol. The van der Waals surface area contributed by atoms with Crippen LogP contribution in [-0.2, 0) is 14.3 Å². The van der Waals surface area contributed by atoms with Gasteiger partial charge in [-0.25, -0.2) is 0 Å². The third-order valence-electron chi connectivity index (χ3n) is 3.29. The van der Waals surface area contributed by atoms with Crippen molar-refractivity contribution >= 4 is 11.8 Å². The summed E-state index contributed by atoms with van der Waals surface area (Å²) in [6.45, 7) is 4.02. The van der Waals surface area contributed by atoms with E-state index in [-0.39, 0.29) is 29.5 Å².